The van der Waals surface area contributed by atoms with Gasteiger partial charge >= 0.3 is 0 Å². The molecule has 1 aliphatic heterocycles. The third-order valence-electron chi connectivity index (χ3n) is 4.73. The molecule has 1 saturated heterocycles. The lowest BCUT2D eigenvalue weighted by Crippen LogP contribution is -2.44. The van der Waals surface area contributed by atoms with Crippen LogP contribution in [0.25, 0.3) is 0 Å². The minimum Gasteiger partial charge on any atom is -0.365 e. The Bertz CT molecular complexity index is 319. The van der Waals surface area contributed by atoms with Crippen LogP contribution in [0.4, 0.5) is 0 Å². The highest BCUT2D eigenvalue weighted by Gasteiger charge is 2.23. The number of halogens is 1. The van der Waals surface area contributed by atoms with Crippen LogP contribution >= 0.6 is 12.4 Å². The number of rotatable bonds is 8. The molecule has 136 valence electrons. The van der Waals surface area contributed by atoms with Gasteiger partial charge in [0.15, 0.2) is 0 Å². The van der Waals surface area contributed by atoms with E-state index in [-0.39, 0.29) is 24.4 Å². The number of ether oxygens (including phenoxy) is 1. The fraction of sp³-hybridized carbons (Fsp3) is 0.941. The van der Waals surface area contributed by atoms with Crippen molar-refractivity contribution in [2.45, 2.75) is 64.1 Å². The molecule has 0 aromatic rings. The Morgan fingerprint density at radius 1 is 1.26 bits per heavy atom. The second kappa shape index (κ2) is 12.1. The Hall–Kier alpha value is -0.360. The lowest BCUT2D eigenvalue weighted by molar-refractivity contribution is -0.138. The molecule has 2 aliphatic rings. The standard InChI is InChI=1S/C17H33N3O2.ClH/c1-2-16(22-15-7-4-3-5-8-15)17(21)19-9-6-12-20-13-10-18-11-14-20;/h15-16,18H,2-14H2,1H3,(H,19,21);1H. The molecule has 1 amide bonds. The van der Waals surface area contributed by atoms with Gasteiger partial charge in [-0.25, -0.2) is 0 Å². The smallest absolute Gasteiger partial charge is 0.249 e. The molecule has 1 heterocycles. The molecule has 2 rings (SSSR count). The maximum Gasteiger partial charge on any atom is 0.249 e. The third kappa shape index (κ3) is 7.84. The molecule has 1 aliphatic carbocycles. The summed E-state index contributed by atoms with van der Waals surface area (Å²) in [5.74, 6) is 0.0772. The predicted molar refractivity (Wildman–Crippen MR) is 96.2 cm³/mol. The molecule has 0 radical (unpaired) electrons. The number of amides is 1. The summed E-state index contributed by atoms with van der Waals surface area (Å²) in [7, 11) is 0. The van der Waals surface area contributed by atoms with Gasteiger partial charge in [-0.3, -0.25) is 4.79 Å². The van der Waals surface area contributed by atoms with Gasteiger partial charge in [0.05, 0.1) is 6.10 Å². The number of carbonyl (C=O) groups excluding carboxylic acids is 1. The Balaban J connectivity index is 0.00000264. The van der Waals surface area contributed by atoms with Crippen LogP contribution in [0.5, 0.6) is 0 Å². The SMILES string of the molecule is CCC(OC1CCCCC1)C(=O)NCCCN1CCNCC1.Cl. The van der Waals surface area contributed by atoms with Crippen molar-refractivity contribution in [2.24, 2.45) is 0 Å². The molecule has 0 bridgehead atoms. The minimum atomic E-state index is -0.262. The molecule has 1 unspecified atom stereocenters. The predicted octanol–water partition coefficient (Wildman–Crippen LogP) is 1.95. The molecule has 2 fully saturated rings. The highest BCUT2D eigenvalue weighted by molar-refractivity contribution is 5.85. The van der Waals surface area contributed by atoms with E-state index in [1.54, 1.807) is 0 Å². The van der Waals surface area contributed by atoms with Crippen molar-refractivity contribution in [3.05, 3.63) is 0 Å². The largest absolute Gasteiger partial charge is 0.365 e. The van der Waals surface area contributed by atoms with Crippen LogP contribution in [0.1, 0.15) is 51.9 Å². The summed E-state index contributed by atoms with van der Waals surface area (Å²) in [5.41, 5.74) is 0. The number of hydrogen-bond acceptors (Lipinski definition) is 4. The minimum absolute atomic E-state index is 0. The first-order valence-electron chi connectivity index (χ1n) is 9.16. The second-order valence-electron chi connectivity index (χ2n) is 6.53. The van der Waals surface area contributed by atoms with Gasteiger partial charge in [-0.15, -0.1) is 12.4 Å². The molecule has 2 N–H and O–H groups in total. The molecule has 23 heavy (non-hydrogen) atoms. The fourth-order valence-electron chi connectivity index (χ4n) is 3.34. The quantitative estimate of drug-likeness (QED) is 0.659. The van der Waals surface area contributed by atoms with Crippen LogP contribution in [0, 0.1) is 0 Å². The molecule has 5 nitrogen and oxygen atoms in total. The molecule has 1 atom stereocenters. The molecule has 1 saturated carbocycles. The first kappa shape index (κ1) is 20.7. The lowest BCUT2D eigenvalue weighted by Gasteiger charge is -2.28. The van der Waals surface area contributed by atoms with E-state index in [2.05, 4.69) is 15.5 Å². The Morgan fingerprint density at radius 2 is 1.96 bits per heavy atom. The molecule has 0 aromatic heterocycles. The zero-order valence-electron chi connectivity index (χ0n) is 14.5. The third-order valence-corrected chi connectivity index (χ3v) is 4.73. The average Bonchev–Trinajstić information content (AvgIpc) is 2.58. The van der Waals surface area contributed by atoms with Gasteiger partial charge in [0.2, 0.25) is 5.91 Å². The van der Waals surface area contributed by atoms with E-state index in [1.165, 1.54) is 19.3 Å². The van der Waals surface area contributed by atoms with E-state index >= 15 is 0 Å². The fourth-order valence-corrected chi connectivity index (χ4v) is 3.34. The zero-order valence-corrected chi connectivity index (χ0v) is 15.3. The van der Waals surface area contributed by atoms with E-state index in [0.717, 1.165) is 65.0 Å². The lowest BCUT2D eigenvalue weighted by atomic mass is 9.97. The maximum atomic E-state index is 12.2. The average molecular weight is 348 g/mol. The van der Waals surface area contributed by atoms with Crippen molar-refractivity contribution < 1.29 is 9.53 Å². The number of nitrogens with zero attached hydrogens (tertiary/aromatic N) is 1. The van der Waals surface area contributed by atoms with E-state index in [1.807, 2.05) is 6.92 Å². The van der Waals surface area contributed by atoms with Gasteiger partial charge in [0.25, 0.3) is 0 Å². The molecule has 0 spiro atoms. The van der Waals surface area contributed by atoms with Crippen molar-refractivity contribution in [1.29, 1.82) is 0 Å². The highest BCUT2D eigenvalue weighted by Crippen LogP contribution is 2.22. The first-order valence-corrected chi connectivity index (χ1v) is 9.16. The van der Waals surface area contributed by atoms with Crippen molar-refractivity contribution in [2.75, 3.05) is 39.3 Å². The van der Waals surface area contributed by atoms with Gasteiger partial charge < -0.3 is 20.3 Å². The van der Waals surface area contributed by atoms with E-state index in [4.69, 9.17) is 4.74 Å². The summed E-state index contributed by atoms with van der Waals surface area (Å²) in [6.45, 7) is 8.27. The number of piperazine rings is 1. The summed E-state index contributed by atoms with van der Waals surface area (Å²) in [5, 5.41) is 6.41. The summed E-state index contributed by atoms with van der Waals surface area (Å²) in [4.78, 5) is 14.7. The van der Waals surface area contributed by atoms with Crippen LogP contribution in [0.3, 0.4) is 0 Å². The topological polar surface area (TPSA) is 53.6 Å². The Labute approximate surface area is 147 Å². The molecule has 6 heteroatoms. The zero-order chi connectivity index (χ0) is 15.6. The van der Waals surface area contributed by atoms with Gasteiger partial charge in [-0.1, -0.05) is 26.2 Å². The maximum absolute atomic E-state index is 12.2. The number of hydrogen-bond donors (Lipinski definition) is 2. The van der Waals surface area contributed by atoms with Crippen molar-refractivity contribution in [3.8, 4) is 0 Å². The first-order chi connectivity index (χ1) is 10.8. The van der Waals surface area contributed by atoms with E-state index < -0.39 is 0 Å². The van der Waals surface area contributed by atoms with Crippen molar-refractivity contribution in [1.82, 2.24) is 15.5 Å². The summed E-state index contributed by atoms with van der Waals surface area (Å²) < 4.78 is 6.02. The van der Waals surface area contributed by atoms with E-state index in [9.17, 15) is 4.79 Å². The normalized spacial score (nSPS) is 21.4. The number of carbonyl (C=O) groups is 1. The van der Waals surface area contributed by atoms with Crippen LogP contribution in [0.15, 0.2) is 0 Å². The summed E-state index contributed by atoms with van der Waals surface area (Å²) >= 11 is 0. The van der Waals surface area contributed by atoms with Gasteiger partial charge in [0.1, 0.15) is 6.10 Å². The summed E-state index contributed by atoms with van der Waals surface area (Å²) in [6.07, 6.45) is 7.86. The van der Waals surface area contributed by atoms with Crippen LogP contribution < -0.4 is 10.6 Å². The molecular formula is C17H34ClN3O2. The highest BCUT2D eigenvalue weighted by atomic mass is 35.5. The Morgan fingerprint density at radius 3 is 2.61 bits per heavy atom. The van der Waals surface area contributed by atoms with Crippen LogP contribution in [-0.2, 0) is 9.53 Å². The number of nitrogens with one attached hydrogen (secondary N) is 2. The second-order valence-corrected chi connectivity index (χ2v) is 6.53. The van der Waals surface area contributed by atoms with Gasteiger partial charge in [-0.2, -0.15) is 0 Å². The van der Waals surface area contributed by atoms with Crippen LogP contribution in [0.2, 0.25) is 0 Å². The molecular weight excluding hydrogens is 314 g/mol. The van der Waals surface area contributed by atoms with E-state index in [0.29, 0.717) is 6.10 Å². The van der Waals surface area contributed by atoms with Gasteiger partial charge in [-0.05, 0) is 32.2 Å². The van der Waals surface area contributed by atoms with Crippen molar-refractivity contribution in [3.63, 3.8) is 0 Å². The monoisotopic (exact) mass is 347 g/mol. The summed E-state index contributed by atoms with van der Waals surface area (Å²) in [6, 6.07) is 0. The molecule has 0 aromatic carbocycles. The van der Waals surface area contributed by atoms with Crippen molar-refractivity contribution >= 4 is 18.3 Å². The van der Waals surface area contributed by atoms with Crippen LogP contribution in [-0.4, -0.2) is 62.3 Å². The van der Waals surface area contributed by atoms with Gasteiger partial charge in [0, 0.05) is 32.7 Å². The Kier molecular flexibility index (Phi) is 10.9.